The smallest absolute Gasteiger partial charge is 0.339 e. The molecule has 2 aromatic rings. The minimum atomic E-state index is -0.830. The molecule has 0 atom stereocenters. The van der Waals surface area contributed by atoms with Gasteiger partial charge in [0.25, 0.3) is 11.8 Å². The summed E-state index contributed by atoms with van der Waals surface area (Å²) in [6, 6.07) is 15.0. The van der Waals surface area contributed by atoms with Crippen molar-refractivity contribution >= 4 is 23.8 Å². The first-order valence-corrected chi connectivity index (χ1v) is 9.74. The van der Waals surface area contributed by atoms with E-state index in [0.29, 0.717) is 6.54 Å². The third-order valence-corrected chi connectivity index (χ3v) is 4.06. The van der Waals surface area contributed by atoms with Crippen molar-refractivity contribution in [2.75, 3.05) is 13.7 Å². The maximum atomic E-state index is 12.9. The molecule has 0 radical (unpaired) electrons. The lowest BCUT2D eigenvalue weighted by molar-refractivity contribution is -0.123. The molecule has 2 aromatic carbocycles. The van der Waals surface area contributed by atoms with Gasteiger partial charge in [-0.15, -0.1) is 0 Å². The van der Waals surface area contributed by atoms with Crippen molar-refractivity contribution in [2.24, 2.45) is 0 Å². The molecular weight excluding hydrogens is 398 g/mol. The fourth-order valence-corrected chi connectivity index (χ4v) is 2.73. The molecular formula is C23H27N3O5. The van der Waals surface area contributed by atoms with Crippen molar-refractivity contribution in [1.29, 1.82) is 0 Å². The molecule has 164 valence electrons. The molecule has 0 saturated carbocycles. The maximum absolute atomic E-state index is 12.9. The van der Waals surface area contributed by atoms with E-state index >= 15 is 0 Å². The molecule has 0 fully saturated rings. The van der Waals surface area contributed by atoms with Gasteiger partial charge in [0.1, 0.15) is 0 Å². The number of imide groups is 1. The Hall–Kier alpha value is -3.68. The summed E-state index contributed by atoms with van der Waals surface area (Å²) in [5.41, 5.74) is 0.631. The number of nitrogens with one attached hydrogen (secondary N) is 2. The van der Waals surface area contributed by atoms with Crippen molar-refractivity contribution in [1.82, 2.24) is 15.5 Å². The minimum Gasteiger partial charge on any atom is -0.452 e. The fraction of sp³-hybridized carbons (Fsp3) is 0.304. The van der Waals surface area contributed by atoms with Gasteiger partial charge in [-0.05, 0) is 38.5 Å². The molecule has 8 heteroatoms. The van der Waals surface area contributed by atoms with Crippen molar-refractivity contribution in [3.05, 3.63) is 71.3 Å². The Balaban J connectivity index is 2.00. The normalized spacial score (nSPS) is 10.7. The number of urea groups is 1. The quantitative estimate of drug-likeness (QED) is 0.693. The molecule has 2 rings (SSSR count). The van der Waals surface area contributed by atoms with Crippen LogP contribution < -0.4 is 10.6 Å². The molecule has 0 aliphatic heterocycles. The van der Waals surface area contributed by atoms with Crippen LogP contribution in [0.1, 0.15) is 47.1 Å². The summed E-state index contributed by atoms with van der Waals surface area (Å²) in [5.74, 6) is -1.96. The van der Waals surface area contributed by atoms with Crippen molar-refractivity contribution in [3.63, 3.8) is 0 Å². The van der Waals surface area contributed by atoms with E-state index in [4.69, 9.17) is 4.74 Å². The second kappa shape index (κ2) is 10.4. The zero-order chi connectivity index (χ0) is 23.0. The Bertz CT molecular complexity index is 951. The first-order valence-electron chi connectivity index (χ1n) is 9.74. The third-order valence-electron chi connectivity index (χ3n) is 4.06. The summed E-state index contributed by atoms with van der Waals surface area (Å²) in [7, 11) is 1.64. The van der Waals surface area contributed by atoms with Gasteiger partial charge in [0.2, 0.25) is 0 Å². The van der Waals surface area contributed by atoms with Crippen LogP contribution in [0.3, 0.4) is 0 Å². The van der Waals surface area contributed by atoms with E-state index in [-0.39, 0.29) is 17.0 Å². The summed E-state index contributed by atoms with van der Waals surface area (Å²) in [6.07, 6.45) is 0. The van der Waals surface area contributed by atoms with E-state index in [1.165, 1.54) is 17.0 Å². The van der Waals surface area contributed by atoms with E-state index in [2.05, 4.69) is 10.6 Å². The van der Waals surface area contributed by atoms with Crippen LogP contribution in [0, 0.1) is 0 Å². The lowest BCUT2D eigenvalue weighted by atomic mass is 10.1. The number of amides is 4. The molecule has 8 nitrogen and oxygen atoms in total. The fourth-order valence-electron chi connectivity index (χ4n) is 2.73. The molecule has 0 saturated heterocycles. The van der Waals surface area contributed by atoms with Crippen LogP contribution in [0.5, 0.6) is 0 Å². The number of rotatable bonds is 6. The highest BCUT2D eigenvalue weighted by Gasteiger charge is 2.22. The number of hydrogen-bond acceptors (Lipinski definition) is 5. The summed E-state index contributed by atoms with van der Waals surface area (Å²) >= 11 is 0. The van der Waals surface area contributed by atoms with Crippen LogP contribution in [-0.4, -0.2) is 47.9 Å². The highest BCUT2D eigenvalue weighted by molar-refractivity contribution is 6.06. The number of hydrogen-bond donors (Lipinski definition) is 2. The highest BCUT2D eigenvalue weighted by atomic mass is 16.5. The van der Waals surface area contributed by atoms with Gasteiger partial charge >= 0.3 is 12.0 Å². The molecule has 2 N–H and O–H groups in total. The summed E-state index contributed by atoms with van der Waals surface area (Å²) < 4.78 is 5.01. The lowest BCUT2D eigenvalue weighted by Gasteiger charge is -2.20. The standard InChI is InChI=1S/C23H27N3O5/c1-23(2,3)25-22(30)24-19(27)15-31-21(29)18-13-9-8-12-17(18)20(28)26(4)14-16-10-6-5-7-11-16/h5-13H,14-15H2,1-4H3,(H2,24,25,27,30). The summed E-state index contributed by atoms with van der Waals surface area (Å²) in [6.45, 7) is 5.01. The summed E-state index contributed by atoms with van der Waals surface area (Å²) in [5, 5.41) is 4.65. The molecule has 0 aliphatic carbocycles. The van der Waals surface area contributed by atoms with Gasteiger partial charge in [0, 0.05) is 19.1 Å². The minimum absolute atomic E-state index is 0.0411. The number of ether oxygens (including phenoxy) is 1. The van der Waals surface area contributed by atoms with Gasteiger partial charge in [0.05, 0.1) is 11.1 Å². The second-order valence-corrected chi connectivity index (χ2v) is 8.02. The Morgan fingerprint density at radius 2 is 1.48 bits per heavy atom. The van der Waals surface area contributed by atoms with E-state index in [0.717, 1.165) is 5.56 Å². The average Bonchev–Trinajstić information content (AvgIpc) is 2.70. The first-order chi connectivity index (χ1) is 14.6. The van der Waals surface area contributed by atoms with Crippen LogP contribution in [-0.2, 0) is 16.1 Å². The van der Waals surface area contributed by atoms with Gasteiger partial charge in [-0.25, -0.2) is 9.59 Å². The number of nitrogens with zero attached hydrogens (tertiary/aromatic N) is 1. The van der Waals surface area contributed by atoms with Crippen LogP contribution >= 0.6 is 0 Å². The monoisotopic (exact) mass is 425 g/mol. The molecule has 31 heavy (non-hydrogen) atoms. The van der Waals surface area contributed by atoms with Crippen molar-refractivity contribution in [2.45, 2.75) is 32.9 Å². The molecule has 0 aromatic heterocycles. The van der Waals surface area contributed by atoms with E-state index in [1.807, 2.05) is 30.3 Å². The summed E-state index contributed by atoms with van der Waals surface area (Å²) in [4.78, 5) is 50.5. The largest absolute Gasteiger partial charge is 0.452 e. The Labute approximate surface area is 181 Å². The number of carbonyl (C=O) groups is 4. The highest BCUT2D eigenvalue weighted by Crippen LogP contribution is 2.14. The van der Waals surface area contributed by atoms with Gasteiger partial charge in [-0.1, -0.05) is 42.5 Å². The van der Waals surface area contributed by atoms with Crippen molar-refractivity contribution in [3.8, 4) is 0 Å². The van der Waals surface area contributed by atoms with Gasteiger partial charge in [-0.2, -0.15) is 0 Å². The van der Waals surface area contributed by atoms with Crippen LogP contribution in [0.4, 0.5) is 4.79 Å². The Morgan fingerprint density at radius 3 is 2.10 bits per heavy atom. The van der Waals surface area contributed by atoms with E-state index in [1.54, 1.807) is 40.0 Å². The van der Waals surface area contributed by atoms with Gasteiger partial charge in [-0.3, -0.25) is 14.9 Å². The Kier molecular flexibility index (Phi) is 7.90. The van der Waals surface area contributed by atoms with Gasteiger partial charge < -0.3 is 15.0 Å². The Morgan fingerprint density at radius 1 is 0.903 bits per heavy atom. The molecule has 0 bridgehead atoms. The van der Waals surface area contributed by atoms with Crippen LogP contribution in [0.15, 0.2) is 54.6 Å². The zero-order valence-corrected chi connectivity index (χ0v) is 18.1. The predicted molar refractivity (Wildman–Crippen MR) is 115 cm³/mol. The van der Waals surface area contributed by atoms with Crippen molar-refractivity contribution < 1.29 is 23.9 Å². The molecule has 0 unspecified atom stereocenters. The van der Waals surface area contributed by atoms with E-state index in [9.17, 15) is 19.2 Å². The predicted octanol–water partition coefficient (Wildman–Crippen LogP) is 2.74. The number of carbonyl (C=O) groups excluding carboxylic acids is 4. The lowest BCUT2D eigenvalue weighted by Crippen LogP contribution is -2.49. The zero-order valence-electron chi connectivity index (χ0n) is 18.1. The molecule has 0 spiro atoms. The van der Waals surface area contributed by atoms with E-state index < -0.39 is 30.1 Å². The average molecular weight is 425 g/mol. The maximum Gasteiger partial charge on any atom is 0.339 e. The number of benzene rings is 2. The van der Waals surface area contributed by atoms with Crippen LogP contribution in [0.25, 0.3) is 0 Å². The second-order valence-electron chi connectivity index (χ2n) is 8.02. The molecule has 0 heterocycles. The third kappa shape index (κ3) is 7.58. The molecule has 4 amide bonds. The topological polar surface area (TPSA) is 105 Å². The number of esters is 1. The van der Waals surface area contributed by atoms with Gasteiger partial charge in [0.15, 0.2) is 6.61 Å². The molecule has 0 aliphatic rings. The SMILES string of the molecule is CN(Cc1ccccc1)C(=O)c1ccccc1C(=O)OCC(=O)NC(=O)NC(C)(C)C. The first kappa shape index (κ1) is 23.6. The van der Waals surface area contributed by atoms with Crippen LogP contribution in [0.2, 0.25) is 0 Å².